The summed E-state index contributed by atoms with van der Waals surface area (Å²) in [4.78, 5) is 5.21. The van der Waals surface area contributed by atoms with E-state index in [-0.39, 0.29) is 9.52 Å². The number of rotatable bonds is 11. The van der Waals surface area contributed by atoms with Crippen LogP contribution in [0, 0.1) is 0 Å². The molecule has 0 heterocycles. The summed E-state index contributed by atoms with van der Waals surface area (Å²) in [5.41, 5.74) is 0. The molecule has 0 aromatic carbocycles. The molecular weight excluding hydrogens is 236 g/mol. The summed E-state index contributed by atoms with van der Waals surface area (Å²) in [6.07, 6.45) is 3.34. The Kier molecular flexibility index (Phi) is 10.7. The van der Waals surface area contributed by atoms with Crippen LogP contribution in [-0.4, -0.2) is 51.7 Å². The molecule has 0 radical (unpaired) electrons. The van der Waals surface area contributed by atoms with Crippen LogP contribution in [0.25, 0.3) is 0 Å². The Morgan fingerprint density at radius 1 is 1.00 bits per heavy atom. The van der Waals surface area contributed by atoms with Crippen LogP contribution in [-0.2, 0) is 0 Å². The van der Waals surface area contributed by atoms with Crippen molar-refractivity contribution in [3.63, 3.8) is 0 Å². The van der Waals surface area contributed by atoms with E-state index in [4.69, 9.17) is 0 Å². The molecule has 0 aromatic rings. The van der Waals surface area contributed by atoms with Crippen molar-refractivity contribution in [2.24, 2.45) is 0 Å². The molecule has 18 heavy (non-hydrogen) atoms. The first kappa shape index (κ1) is 17.9. The highest BCUT2D eigenvalue weighted by Crippen LogP contribution is 2.14. The van der Waals surface area contributed by atoms with Crippen molar-refractivity contribution in [2.75, 3.05) is 26.2 Å². The van der Waals surface area contributed by atoms with Gasteiger partial charge in [0.2, 0.25) is 0 Å². The molecule has 0 bridgehead atoms. The fraction of sp³-hybridized carbons (Fsp3) is 0.867. The number of hydrogen-bond donors (Lipinski definition) is 0. The monoisotopic (exact) mass is 270 g/mol. The van der Waals surface area contributed by atoms with Gasteiger partial charge in [-0.2, -0.15) is 0 Å². The van der Waals surface area contributed by atoms with E-state index in [1.165, 1.54) is 24.1 Å². The normalized spacial score (nSPS) is 12.4. The average molecular weight is 271 g/mol. The molecule has 0 atom stereocenters. The lowest BCUT2D eigenvalue weighted by molar-refractivity contribution is 0.0497. The summed E-state index contributed by atoms with van der Waals surface area (Å²) < 4.78 is 0. The molecule has 0 rings (SSSR count). The van der Waals surface area contributed by atoms with Crippen LogP contribution in [0.2, 0.25) is 6.04 Å². The minimum Gasteiger partial charge on any atom is -0.288 e. The second-order valence-electron chi connectivity index (χ2n) is 5.13. The average Bonchev–Trinajstić information content (AvgIpc) is 2.36. The SMILES string of the molecule is C=C(C)[SiH2]CCCC(N(CC)CC)N(CC)CC. The molecule has 0 saturated carbocycles. The Morgan fingerprint density at radius 2 is 1.44 bits per heavy atom. The van der Waals surface area contributed by atoms with E-state index in [9.17, 15) is 0 Å². The van der Waals surface area contributed by atoms with Crippen molar-refractivity contribution in [1.29, 1.82) is 0 Å². The zero-order valence-electron chi connectivity index (χ0n) is 13.3. The van der Waals surface area contributed by atoms with Gasteiger partial charge < -0.3 is 0 Å². The molecule has 0 aromatic heterocycles. The predicted octanol–water partition coefficient (Wildman–Crippen LogP) is 2.90. The van der Waals surface area contributed by atoms with Gasteiger partial charge in [0.15, 0.2) is 0 Å². The molecular formula is C15H34N2Si. The first-order valence-electron chi connectivity index (χ1n) is 7.73. The smallest absolute Gasteiger partial charge is 0.0621 e. The molecule has 0 amide bonds. The third kappa shape index (κ3) is 6.71. The van der Waals surface area contributed by atoms with Crippen molar-refractivity contribution in [1.82, 2.24) is 9.80 Å². The number of allylic oxidation sites excluding steroid dienone is 1. The zero-order valence-corrected chi connectivity index (χ0v) is 14.7. The van der Waals surface area contributed by atoms with Crippen molar-refractivity contribution in [3.8, 4) is 0 Å². The highest BCUT2D eigenvalue weighted by molar-refractivity contribution is 6.44. The first-order valence-corrected chi connectivity index (χ1v) is 9.43. The van der Waals surface area contributed by atoms with E-state index in [0.717, 1.165) is 26.2 Å². The second-order valence-corrected chi connectivity index (χ2v) is 7.54. The molecule has 0 N–H and O–H groups in total. The van der Waals surface area contributed by atoms with Crippen LogP contribution in [0.3, 0.4) is 0 Å². The van der Waals surface area contributed by atoms with Gasteiger partial charge in [-0.15, -0.1) is 6.58 Å². The van der Waals surface area contributed by atoms with Crippen LogP contribution >= 0.6 is 0 Å². The number of nitrogens with zero attached hydrogens (tertiary/aromatic N) is 2. The molecule has 0 unspecified atom stereocenters. The maximum atomic E-state index is 4.05. The van der Waals surface area contributed by atoms with Gasteiger partial charge in [-0.1, -0.05) is 45.4 Å². The van der Waals surface area contributed by atoms with E-state index in [0.29, 0.717) is 6.17 Å². The van der Waals surface area contributed by atoms with Crippen LogP contribution in [0.5, 0.6) is 0 Å². The van der Waals surface area contributed by atoms with Crippen molar-refractivity contribution in [2.45, 2.75) is 59.7 Å². The third-order valence-electron chi connectivity index (χ3n) is 3.78. The summed E-state index contributed by atoms with van der Waals surface area (Å²) in [7, 11) is -0.00265. The van der Waals surface area contributed by atoms with Gasteiger partial charge in [-0.05, 0) is 39.5 Å². The Hall–Kier alpha value is -0.123. The Bertz CT molecular complexity index is 199. The lowest BCUT2D eigenvalue weighted by Crippen LogP contribution is -2.48. The van der Waals surface area contributed by atoms with Crippen LogP contribution in [0.4, 0.5) is 0 Å². The van der Waals surface area contributed by atoms with E-state index >= 15 is 0 Å². The Labute approximate surface area is 117 Å². The molecule has 3 heteroatoms. The van der Waals surface area contributed by atoms with Gasteiger partial charge in [-0.25, -0.2) is 0 Å². The van der Waals surface area contributed by atoms with Crippen LogP contribution in [0.15, 0.2) is 11.8 Å². The van der Waals surface area contributed by atoms with Gasteiger partial charge in [0.05, 0.1) is 6.17 Å². The van der Waals surface area contributed by atoms with E-state index in [1.807, 2.05) is 0 Å². The predicted molar refractivity (Wildman–Crippen MR) is 87.0 cm³/mol. The molecule has 2 nitrogen and oxygen atoms in total. The van der Waals surface area contributed by atoms with Crippen LogP contribution in [0.1, 0.15) is 47.5 Å². The second kappa shape index (κ2) is 10.8. The molecule has 0 aliphatic heterocycles. The Morgan fingerprint density at radius 3 is 1.78 bits per heavy atom. The van der Waals surface area contributed by atoms with Gasteiger partial charge in [-0.3, -0.25) is 9.80 Å². The minimum atomic E-state index is -0.00265. The Balaban J connectivity index is 4.32. The van der Waals surface area contributed by atoms with Gasteiger partial charge in [0.1, 0.15) is 0 Å². The fourth-order valence-electron chi connectivity index (χ4n) is 2.64. The fourth-order valence-corrected chi connectivity index (χ4v) is 3.78. The summed E-state index contributed by atoms with van der Waals surface area (Å²) in [6.45, 7) is 20.0. The number of hydrogen-bond acceptors (Lipinski definition) is 2. The third-order valence-corrected chi connectivity index (χ3v) is 5.49. The zero-order chi connectivity index (χ0) is 14.0. The lowest BCUT2D eigenvalue weighted by atomic mass is 10.2. The van der Waals surface area contributed by atoms with Gasteiger partial charge >= 0.3 is 0 Å². The van der Waals surface area contributed by atoms with E-state index in [2.05, 4.69) is 51.0 Å². The molecule has 0 aliphatic carbocycles. The van der Waals surface area contributed by atoms with Crippen molar-refractivity contribution in [3.05, 3.63) is 11.8 Å². The van der Waals surface area contributed by atoms with E-state index < -0.39 is 0 Å². The highest BCUT2D eigenvalue weighted by Gasteiger charge is 2.20. The maximum absolute atomic E-state index is 4.05. The highest BCUT2D eigenvalue weighted by atomic mass is 28.2. The standard InChI is InChI=1S/C15H34N2Si/c1-7-16(8-2)15(17(9-3)10-4)12-11-13-18-14(5)6/h15H,5,7-13,18H2,1-4,6H3. The van der Waals surface area contributed by atoms with Gasteiger partial charge in [0, 0.05) is 9.52 Å². The molecule has 0 fully saturated rings. The quantitative estimate of drug-likeness (QED) is 0.324. The van der Waals surface area contributed by atoms with Crippen molar-refractivity contribution < 1.29 is 0 Å². The van der Waals surface area contributed by atoms with Crippen LogP contribution < -0.4 is 0 Å². The molecule has 0 aliphatic rings. The summed E-state index contributed by atoms with van der Waals surface area (Å²) in [5.74, 6) is 0. The van der Waals surface area contributed by atoms with E-state index in [1.54, 1.807) is 0 Å². The topological polar surface area (TPSA) is 6.48 Å². The summed E-state index contributed by atoms with van der Waals surface area (Å²) in [6, 6.07) is 1.42. The van der Waals surface area contributed by atoms with Crippen molar-refractivity contribution >= 4 is 9.52 Å². The minimum absolute atomic E-state index is 0.00265. The largest absolute Gasteiger partial charge is 0.288 e. The maximum Gasteiger partial charge on any atom is 0.0621 e. The summed E-state index contributed by atoms with van der Waals surface area (Å²) >= 11 is 0. The molecule has 0 saturated heterocycles. The van der Waals surface area contributed by atoms with Gasteiger partial charge in [0.25, 0.3) is 0 Å². The summed E-state index contributed by atoms with van der Waals surface area (Å²) in [5, 5.41) is 1.46. The lowest BCUT2D eigenvalue weighted by Gasteiger charge is -2.38. The first-order chi connectivity index (χ1) is 8.60. The molecule has 108 valence electrons. The molecule has 0 spiro atoms.